The van der Waals surface area contributed by atoms with Gasteiger partial charge in [0.15, 0.2) is 17.5 Å². The van der Waals surface area contributed by atoms with E-state index in [1.807, 2.05) is 4.72 Å². The molecule has 0 atom stereocenters. The van der Waals surface area contributed by atoms with Crippen LogP contribution in [-0.4, -0.2) is 41.3 Å². The summed E-state index contributed by atoms with van der Waals surface area (Å²) in [5.41, 5.74) is -0.315. The fraction of sp³-hybridized carbons (Fsp3) is 0.294. The van der Waals surface area contributed by atoms with E-state index in [4.69, 9.17) is 4.74 Å². The summed E-state index contributed by atoms with van der Waals surface area (Å²) in [5, 5.41) is 0. The van der Waals surface area contributed by atoms with Crippen LogP contribution >= 0.6 is 0 Å². The van der Waals surface area contributed by atoms with E-state index in [1.54, 1.807) is 13.8 Å². The fourth-order valence-corrected chi connectivity index (χ4v) is 5.17. The Bertz CT molecular complexity index is 1120. The van der Waals surface area contributed by atoms with Gasteiger partial charge >= 0.3 is 0 Å². The third kappa shape index (κ3) is 4.49. The lowest BCUT2D eigenvalue weighted by Crippen LogP contribution is -2.30. The van der Waals surface area contributed by atoms with Gasteiger partial charge in [-0.2, -0.15) is 4.31 Å². The Kier molecular flexibility index (Phi) is 6.81. The van der Waals surface area contributed by atoms with Crippen molar-refractivity contribution in [2.24, 2.45) is 0 Å². The van der Waals surface area contributed by atoms with Crippen LogP contribution in [0.25, 0.3) is 0 Å². The maximum absolute atomic E-state index is 13.9. The largest absolute Gasteiger partial charge is 0.495 e. The van der Waals surface area contributed by atoms with E-state index in [0.29, 0.717) is 12.1 Å². The van der Waals surface area contributed by atoms with E-state index in [1.165, 1.54) is 19.2 Å². The average molecular weight is 452 g/mol. The van der Waals surface area contributed by atoms with Crippen molar-refractivity contribution >= 4 is 25.7 Å². The van der Waals surface area contributed by atoms with Gasteiger partial charge in [-0.15, -0.1) is 0 Å². The first-order chi connectivity index (χ1) is 13.5. The molecule has 2 aromatic rings. The standard InChI is InChI=1S/C17H19F3N2O5S2/c1-4-22(5-2)29(25,26)11-6-8-14(27-3)13(10-11)21-28(23,24)15-9-7-12(18)16(19)17(15)20/h6-10,21H,4-5H2,1-3H3. The van der Waals surface area contributed by atoms with Crippen molar-refractivity contribution in [3.05, 3.63) is 47.8 Å². The van der Waals surface area contributed by atoms with Crippen LogP contribution in [0.5, 0.6) is 5.75 Å². The van der Waals surface area contributed by atoms with Crippen molar-refractivity contribution in [2.45, 2.75) is 23.6 Å². The Labute approximate surface area is 167 Å². The minimum atomic E-state index is -4.73. The second kappa shape index (κ2) is 8.59. The summed E-state index contributed by atoms with van der Waals surface area (Å²) in [7, 11) is -7.45. The van der Waals surface area contributed by atoms with Crippen molar-refractivity contribution in [3.8, 4) is 5.75 Å². The van der Waals surface area contributed by atoms with Crippen molar-refractivity contribution in [3.63, 3.8) is 0 Å². The number of rotatable bonds is 8. The zero-order valence-corrected chi connectivity index (χ0v) is 17.4. The molecule has 7 nitrogen and oxygen atoms in total. The first-order valence-corrected chi connectivity index (χ1v) is 11.3. The van der Waals surface area contributed by atoms with Crippen LogP contribution in [-0.2, 0) is 20.0 Å². The molecule has 12 heteroatoms. The summed E-state index contributed by atoms with van der Waals surface area (Å²) in [6, 6.07) is 4.46. The molecular weight excluding hydrogens is 433 g/mol. The van der Waals surface area contributed by atoms with E-state index in [-0.39, 0.29) is 29.4 Å². The molecule has 0 heterocycles. The predicted octanol–water partition coefficient (Wildman–Crippen LogP) is 2.94. The second-order valence-electron chi connectivity index (χ2n) is 5.73. The molecule has 0 saturated carbocycles. The number of hydrogen-bond acceptors (Lipinski definition) is 5. The number of ether oxygens (including phenoxy) is 1. The first kappa shape index (κ1) is 23.0. The van der Waals surface area contributed by atoms with Crippen molar-refractivity contribution in [1.29, 1.82) is 0 Å². The molecule has 0 aliphatic heterocycles. The Morgan fingerprint density at radius 1 is 0.966 bits per heavy atom. The Balaban J connectivity index is 2.56. The topological polar surface area (TPSA) is 92.8 Å². The molecule has 0 spiro atoms. The zero-order valence-electron chi connectivity index (χ0n) is 15.7. The van der Waals surface area contributed by atoms with Crippen LogP contribution in [0.2, 0.25) is 0 Å². The summed E-state index contributed by atoms with van der Waals surface area (Å²) in [6.45, 7) is 3.65. The number of sulfonamides is 2. The highest BCUT2D eigenvalue weighted by molar-refractivity contribution is 7.92. The van der Waals surface area contributed by atoms with Crippen LogP contribution in [0, 0.1) is 17.5 Å². The number of nitrogens with one attached hydrogen (secondary N) is 1. The van der Waals surface area contributed by atoms with E-state index >= 15 is 0 Å². The van der Waals surface area contributed by atoms with E-state index < -0.39 is 42.4 Å². The SMILES string of the molecule is CCN(CC)S(=O)(=O)c1ccc(OC)c(NS(=O)(=O)c2ccc(F)c(F)c2F)c1. The molecule has 0 unspecified atom stereocenters. The molecule has 0 bridgehead atoms. The van der Waals surface area contributed by atoms with Gasteiger partial charge < -0.3 is 4.74 Å². The minimum Gasteiger partial charge on any atom is -0.495 e. The lowest BCUT2D eigenvalue weighted by molar-refractivity contribution is 0.416. The normalized spacial score (nSPS) is 12.2. The van der Waals surface area contributed by atoms with Crippen molar-refractivity contribution < 1.29 is 34.7 Å². The summed E-state index contributed by atoms with van der Waals surface area (Å²) >= 11 is 0. The van der Waals surface area contributed by atoms with E-state index in [9.17, 15) is 30.0 Å². The molecule has 0 amide bonds. The van der Waals surface area contributed by atoms with Gasteiger partial charge in [-0.25, -0.2) is 30.0 Å². The highest BCUT2D eigenvalue weighted by Gasteiger charge is 2.27. The number of hydrogen-bond donors (Lipinski definition) is 1. The number of methoxy groups -OCH3 is 1. The Hall–Kier alpha value is -2.31. The molecule has 0 aromatic heterocycles. The maximum atomic E-state index is 13.9. The van der Waals surface area contributed by atoms with Gasteiger partial charge in [0.1, 0.15) is 10.6 Å². The maximum Gasteiger partial charge on any atom is 0.265 e. The number of anilines is 1. The van der Waals surface area contributed by atoms with Crippen LogP contribution in [0.15, 0.2) is 40.1 Å². The van der Waals surface area contributed by atoms with Gasteiger partial charge in [0, 0.05) is 13.1 Å². The third-order valence-corrected chi connectivity index (χ3v) is 7.48. The smallest absolute Gasteiger partial charge is 0.265 e. The van der Waals surface area contributed by atoms with Crippen molar-refractivity contribution in [2.75, 3.05) is 24.9 Å². The third-order valence-electron chi connectivity index (χ3n) is 4.05. The van der Waals surface area contributed by atoms with Gasteiger partial charge in [0.05, 0.1) is 17.7 Å². The van der Waals surface area contributed by atoms with Gasteiger partial charge in [0.2, 0.25) is 10.0 Å². The lowest BCUT2D eigenvalue weighted by Gasteiger charge is -2.20. The fourth-order valence-electron chi connectivity index (χ4n) is 2.56. The molecule has 1 N–H and O–H groups in total. The lowest BCUT2D eigenvalue weighted by atomic mass is 10.3. The number of nitrogens with zero attached hydrogens (tertiary/aromatic N) is 1. The van der Waals surface area contributed by atoms with Gasteiger partial charge in [0.25, 0.3) is 10.0 Å². The molecule has 29 heavy (non-hydrogen) atoms. The van der Waals surface area contributed by atoms with E-state index in [2.05, 4.69) is 0 Å². The number of benzene rings is 2. The van der Waals surface area contributed by atoms with Crippen molar-refractivity contribution in [1.82, 2.24) is 4.31 Å². The van der Waals surface area contributed by atoms with Gasteiger partial charge in [-0.3, -0.25) is 4.72 Å². The average Bonchev–Trinajstić information content (AvgIpc) is 2.66. The molecule has 0 fully saturated rings. The highest BCUT2D eigenvalue weighted by Crippen LogP contribution is 2.31. The highest BCUT2D eigenvalue weighted by atomic mass is 32.2. The zero-order chi connectivity index (χ0) is 22.0. The van der Waals surface area contributed by atoms with Crippen LogP contribution in [0.3, 0.4) is 0 Å². The quantitative estimate of drug-likeness (QED) is 0.622. The molecule has 0 saturated heterocycles. The Morgan fingerprint density at radius 3 is 2.14 bits per heavy atom. The summed E-state index contributed by atoms with van der Waals surface area (Å²) in [4.78, 5) is -1.37. The Morgan fingerprint density at radius 2 is 1.59 bits per heavy atom. The number of halogens is 3. The predicted molar refractivity (Wildman–Crippen MR) is 100 cm³/mol. The van der Waals surface area contributed by atoms with E-state index in [0.717, 1.165) is 10.4 Å². The molecule has 0 aliphatic carbocycles. The molecule has 2 rings (SSSR count). The second-order valence-corrected chi connectivity index (χ2v) is 9.32. The van der Waals surface area contributed by atoms with Crippen LogP contribution in [0.4, 0.5) is 18.9 Å². The first-order valence-electron chi connectivity index (χ1n) is 8.34. The minimum absolute atomic E-state index is 0.0601. The van der Waals surface area contributed by atoms with Gasteiger partial charge in [-0.1, -0.05) is 13.8 Å². The molecule has 2 aromatic carbocycles. The molecular formula is C17H19F3N2O5S2. The summed E-state index contributed by atoms with van der Waals surface area (Å²) < 4.78 is 99.0. The van der Waals surface area contributed by atoms with Gasteiger partial charge in [-0.05, 0) is 30.3 Å². The molecule has 160 valence electrons. The summed E-state index contributed by atoms with van der Waals surface area (Å²) in [5.74, 6) is -5.46. The monoisotopic (exact) mass is 452 g/mol. The van der Waals surface area contributed by atoms with Crippen LogP contribution < -0.4 is 9.46 Å². The molecule has 0 radical (unpaired) electrons. The molecule has 0 aliphatic rings. The van der Waals surface area contributed by atoms with Crippen LogP contribution in [0.1, 0.15) is 13.8 Å². The summed E-state index contributed by atoms with van der Waals surface area (Å²) in [6.07, 6.45) is 0.